The van der Waals surface area contributed by atoms with Crippen LogP contribution in [0.4, 0.5) is 0 Å². The third-order valence-electron chi connectivity index (χ3n) is 3.42. The molecule has 0 saturated heterocycles. The number of hydrogen-bond donors (Lipinski definition) is 0. The second-order valence-corrected chi connectivity index (χ2v) is 5.37. The smallest absolute Gasteiger partial charge is 0.124 e. The molecule has 0 fully saturated rings. The van der Waals surface area contributed by atoms with E-state index in [0.29, 0.717) is 6.61 Å². The lowest BCUT2D eigenvalue weighted by Crippen LogP contribution is -2.01. The summed E-state index contributed by atoms with van der Waals surface area (Å²) in [5.74, 6) is 0.873. The number of benzene rings is 2. The molecular weight excluding hydrogens is 268 g/mol. The fraction of sp³-hybridized carbons (Fsp3) is 0.333. The molecule has 2 aromatic rings. The van der Waals surface area contributed by atoms with Crippen molar-refractivity contribution in [3.8, 4) is 5.75 Å². The van der Waals surface area contributed by atoms with Gasteiger partial charge >= 0.3 is 0 Å². The molecule has 106 valence electrons. The largest absolute Gasteiger partial charge is 0.494 e. The van der Waals surface area contributed by atoms with E-state index in [4.69, 9.17) is 16.3 Å². The van der Waals surface area contributed by atoms with Gasteiger partial charge in [0.2, 0.25) is 0 Å². The van der Waals surface area contributed by atoms with Gasteiger partial charge in [-0.2, -0.15) is 0 Å². The summed E-state index contributed by atoms with van der Waals surface area (Å²) in [5.41, 5.74) is 4.67. The fourth-order valence-corrected chi connectivity index (χ4v) is 2.57. The summed E-state index contributed by atoms with van der Waals surface area (Å²) in [6.45, 7) is 6.86. The van der Waals surface area contributed by atoms with Crippen molar-refractivity contribution in [3.63, 3.8) is 0 Å². The van der Waals surface area contributed by atoms with Gasteiger partial charge < -0.3 is 4.74 Å². The zero-order valence-corrected chi connectivity index (χ0v) is 13.1. The molecule has 0 heterocycles. The van der Waals surface area contributed by atoms with E-state index < -0.39 is 0 Å². The quantitative estimate of drug-likeness (QED) is 0.680. The highest BCUT2D eigenvalue weighted by atomic mass is 35.5. The van der Waals surface area contributed by atoms with Crippen LogP contribution in [0.25, 0.3) is 0 Å². The van der Waals surface area contributed by atoms with Crippen LogP contribution >= 0.6 is 11.6 Å². The minimum atomic E-state index is -0.178. The third-order valence-corrected chi connectivity index (χ3v) is 3.91. The highest BCUT2D eigenvalue weighted by Gasteiger charge is 2.16. The molecule has 1 nitrogen and oxygen atoms in total. The molecule has 0 aromatic heterocycles. The highest BCUT2D eigenvalue weighted by Crippen LogP contribution is 2.35. The van der Waals surface area contributed by atoms with Gasteiger partial charge in [-0.3, -0.25) is 0 Å². The zero-order valence-electron chi connectivity index (χ0n) is 12.3. The monoisotopic (exact) mass is 288 g/mol. The van der Waals surface area contributed by atoms with E-state index in [9.17, 15) is 0 Å². The Morgan fingerprint density at radius 1 is 1.05 bits per heavy atom. The van der Waals surface area contributed by atoms with Crippen LogP contribution in [0.5, 0.6) is 5.75 Å². The van der Waals surface area contributed by atoms with Crippen LogP contribution in [0.3, 0.4) is 0 Å². The molecule has 0 aliphatic heterocycles. The molecule has 1 unspecified atom stereocenters. The van der Waals surface area contributed by atoms with Crippen LogP contribution in [0.1, 0.15) is 41.5 Å². The molecule has 2 heteroatoms. The Morgan fingerprint density at radius 3 is 2.35 bits per heavy atom. The van der Waals surface area contributed by atoms with Gasteiger partial charge in [0.15, 0.2) is 0 Å². The van der Waals surface area contributed by atoms with Crippen molar-refractivity contribution in [1.29, 1.82) is 0 Å². The lowest BCUT2D eigenvalue weighted by molar-refractivity contribution is 0.337. The van der Waals surface area contributed by atoms with Gasteiger partial charge in [-0.25, -0.2) is 0 Å². The van der Waals surface area contributed by atoms with E-state index in [1.54, 1.807) is 0 Å². The summed E-state index contributed by atoms with van der Waals surface area (Å²) in [5, 5.41) is -0.178. The SMILES string of the molecule is CCOc1ccc(C)cc1C(Cl)c1ccc(CC)cc1. The predicted molar refractivity (Wildman–Crippen MR) is 85.9 cm³/mol. The van der Waals surface area contributed by atoms with E-state index in [0.717, 1.165) is 23.3 Å². The summed E-state index contributed by atoms with van der Waals surface area (Å²) >= 11 is 6.66. The van der Waals surface area contributed by atoms with Crippen molar-refractivity contribution in [2.24, 2.45) is 0 Å². The molecule has 1 atom stereocenters. The van der Waals surface area contributed by atoms with Crippen LogP contribution in [-0.2, 0) is 6.42 Å². The van der Waals surface area contributed by atoms with E-state index in [1.165, 1.54) is 11.1 Å². The number of halogens is 1. The minimum Gasteiger partial charge on any atom is -0.494 e. The Balaban J connectivity index is 2.35. The normalized spacial score (nSPS) is 12.2. The van der Waals surface area contributed by atoms with E-state index in [2.05, 4.69) is 50.2 Å². The summed E-state index contributed by atoms with van der Waals surface area (Å²) in [6, 6.07) is 14.7. The maximum Gasteiger partial charge on any atom is 0.124 e. The maximum atomic E-state index is 6.66. The molecule has 0 N–H and O–H groups in total. The maximum absolute atomic E-state index is 6.66. The van der Waals surface area contributed by atoms with Gasteiger partial charge in [-0.15, -0.1) is 11.6 Å². The van der Waals surface area contributed by atoms with E-state index >= 15 is 0 Å². The van der Waals surface area contributed by atoms with Crippen LogP contribution in [0, 0.1) is 6.92 Å². The molecule has 2 aromatic carbocycles. The molecule has 0 aliphatic carbocycles. The van der Waals surface area contributed by atoms with Gasteiger partial charge in [-0.1, -0.05) is 48.9 Å². The van der Waals surface area contributed by atoms with Crippen molar-refractivity contribution in [2.45, 2.75) is 32.6 Å². The van der Waals surface area contributed by atoms with E-state index in [1.807, 2.05) is 13.0 Å². The molecule has 0 bridgehead atoms. The van der Waals surface area contributed by atoms with Gasteiger partial charge in [0.05, 0.1) is 12.0 Å². The molecule has 0 amide bonds. The van der Waals surface area contributed by atoms with Crippen LogP contribution in [0.2, 0.25) is 0 Å². The molecular formula is C18H21ClO. The van der Waals surface area contributed by atoms with Crippen molar-refractivity contribution in [1.82, 2.24) is 0 Å². The van der Waals surface area contributed by atoms with Crippen molar-refractivity contribution >= 4 is 11.6 Å². The van der Waals surface area contributed by atoms with Crippen molar-refractivity contribution in [3.05, 3.63) is 64.7 Å². The molecule has 0 saturated carbocycles. The Hall–Kier alpha value is -1.47. The highest BCUT2D eigenvalue weighted by molar-refractivity contribution is 6.22. The van der Waals surface area contributed by atoms with Gasteiger partial charge in [0.1, 0.15) is 5.75 Å². The Bertz CT molecular complexity index is 560. The molecule has 20 heavy (non-hydrogen) atoms. The first-order valence-electron chi connectivity index (χ1n) is 7.12. The first-order valence-corrected chi connectivity index (χ1v) is 7.55. The number of alkyl halides is 1. The predicted octanol–water partition coefficient (Wildman–Crippen LogP) is 5.28. The number of ether oxygens (including phenoxy) is 1. The van der Waals surface area contributed by atoms with Gasteiger partial charge in [0, 0.05) is 5.56 Å². The summed E-state index contributed by atoms with van der Waals surface area (Å²) in [7, 11) is 0. The molecule has 0 radical (unpaired) electrons. The first-order chi connectivity index (χ1) is 9.65. The van der Waals surface area contributed by atoms with Gasteiger partial charge in [0.25, 0.3) is 0 Å². The summed E-state index contributed by atoms with van der Waals surface area (Å²) in [6.07, 6.45) is 1.04. The van der Waals surface area contributed by atoms with E-state index in [-0.39, 0.29) is 5.38 Å². The Labute approximate surface area is 126 Å². The number of rotatable bonds is 5. The summed E-state index contributed by atoms with van der Waals surface area (Å²) < 4.78 is 5.70. The fourth-order valence-electron chi connectivity index (χ4n) is 2.25. The van der Waals surface area contributed by atoms with Crippen molar-refractivity contribution in [2.75, 3.05) is 6.61 Å². The Kier molecular flexibility index (Phi) is 5.08. The van der Waals surface area contributed by atoms with Gasteiger partial charge in [-0.05, 0) is 37.5 Å². The minimum absolute atomic E-state index is 0.178. The third kappa shape index (κ3) is 3.34. The lowest BCUT2D eigenvalue weighted by atomic mass is 10.00. The number of hydrogen-bond acceptors (Lipinski definition) is 1. The zero-order chi connectivity index (χ0) is 14.5. The van der Waals surface area contributed by atoms with Crippen LogP contribution < -0.4 is 4.74 Å². The summed E-state index contributed by atoms with van der Waals surface area (Å²) in [4.78, 5) is 0. The second-order valence-electron chi connectivity index (χ2n) is 4.93. The molecule has 0 aliphatic rings. The molecule has 0 spiro atoms. The standard InChI is InChI=1S/C18H21ClO/c1-4-14-7-9-15(10-8-14)18(19)16-12-13(3)6-11-17(16)20-5-2/h6-12,18H,4-5H2,1-3H3. The number of aryl methyl sites for hydroxylation is 2. The van der Waals surface area contributed by atoms with Crippen molar-refractivity contribution < 1.29 is 4.74 Å². The average Bonchev–Trinajstić information content (AvgIpc) is 2.48. The Morgan fingerprint density at radius 2 is 1.75 bits per heavy atom. The second kappa shape index (κ2) is 6.81. The first kappa shape index (κ1) is 14.9. The topological polar surface area (TPSA) is 9.23 Å². The van der Waals surface area contributed by atoms with Crippen LogP contribution in [0.15, 0.2) is 42.5 Å². The average molecular weight is 289 g/mol. The molecule has 2 rings (SSSR count). The lowest BCUT2D eigenvalue weighted by Gasteiger charge is -2.16. The van der Waals surface area contributed by atoms with Crippen LogP contribution in [-0.4, -0.2) is 6.61 Å².